The molecule has 0 aromatic carbocycles. The van der Waals surface area contributed by atoms with Crippen molar-refractivity contribution in [2.45, 2.75) is 167 Å². The molecule has 0 amide bonds. The molecule has 9 nitrogen and oxygen atoms in total. The fraction of sp³-hybridized carbons (Fsp3) is 0.688. The van der Waals surface area contributed by atoms with E-state index in [9.17, 15) is 19.4 Å². The average molecular weight is 834 g/mol. The second-order valence-electron chi connectivity index (χ2n) is 15.9. The van der Waals surface area contributed by atoms with Gasteiger partial charge < -0.3 is 33.0 Å². The van der Waals surface area contributed by atoms with E-state index >= 15 is 0 Å². The van der Waals surface area contributed by atoms with Gasteiger partial charge in [-0.3, -0.25) is 9.36 Å². The van der Waals surface area contributed by atoms with Gasteiger partial charge in [0.05, 0.1) is 40.1 Å². The van der Waals surface area contributed by atoms with E-state index in [1.165, 1.54) is 77.0 Å². The van der Waals surface area contributed by atoms with E-state index in [1.807, 2.05) is 57.6 Å². The van der Waals surface area contributed by atoms with Crippen LogP contribution in [0.5, 0.6) is 0 Å². The number of phosphoric ester groups is 1. The third-order valence-corrected chi connectivity index (χ3v) is 10.1. The van der Waals surface area contributed by atoms with E-state index < -0.39 is 26.0 Å². The summed E-state index contributed by atoms with van der Waals surface area (Å²) in [6.07, 6.45) is 50.2. The summed E-state index contributed by atoms with van der Waals surface area (Å²) in [6, 6.07) is 0. The first-order valence-corrected chi connectivity index (χ1v) is 23.9. The fourth-order valence-corrected chi connectivity index (χ4v) is 6.31. The molecule has 0 aromatic heterocycles. The molecule has 334 valence electrons. The maximum atomic E-state index is 12.5. The molecule has 0 heterocycles. The minimum absolute atomic E-state index is 0.00396. The Balaban J connectivity index is 4.50. The summed E-state index contributed by atoms with van der Waals surface area (Å²) in [6.45, 7) is 4.38. The molecule has 0 aliphatic rings. The van der Waals surface area contributed by atoms with E-state index in [1.54, 1.807) is 12.3 Å². The smallest absolute Gasteiger partial charge is 0.306 e. The van der Waals surface area contributed by atoms with Gasteiger partial charge in [-0.05, 0) is 57.4 Å². The number of unbranched alkanes of at least 4 members (excludes halogenated alkanes) is 14. The standard InChI is InChI=1S/C48H84NO8P/c1-6-8-10-12-14-16-18-20-21-22-24-26-28-30-32-37-42-54-47(45-57-58(52,53)56-43-41-49(3,4)5)44-55-48(51)40-36-33-35-39-46(50)38-34-31-29-27-25-23-19-17-15-13-11-9-7-2/h9,11,15,17,23,25,29,31,33-35,37-38,42,46-47,50H,6-8,10,12-14,16,18-22,24,26-28,30,32,36,39-41,43-45H2,1-5H3/b11-9-,17-15-,25-23-,31-29-,35-33-,38-34-,42-37+/t46?,47-/m1/s1. The van der Waals surface area contributed by atoms with Crippen LogP contribution in [0.3, 0.4) is 0 Å². The van der Waals surface area contributed by atoms with Gasteiger partial charge in [0.15, 0.2) is 6.10 Å². The first-order valence-electron chi connectivity index (χ1n) is 22.5. The normalized spacial score (nSPS) is 15.0. The number of ether oxygens (including phenoxy) is 2. The minimum Gasteiger partial charge on any atom is -0.756 e. The second kappa shape index (κ2) is 39.9. The summed E-state index contributed by atoms with van der Waals surface area (Å²) in [5.74, 6) is -0.436. The number of esters is 1. The predicted molar refractivity (Wildman–Crippen MR) is 241 cm³/mol. The van der Waals surface area contributed by atoms with Crippen molar-refractivity contribution in [1.29, 1.82) is 0 Å². The Labute approximate surface area is 355 Å². The van der Waals surface area contributed by atoms with Gasteiger partial charge in [0.25, 0.3) is 7.82 Å². The zero-order valence-electron chi connectivity index (χ0n) is 37.3. The Hall–Kier alpha value is -2.52. The molecule has 10 heteroatoms. The van der Waals surface area contributed by atoms with Gasteiger partial charge in [-0.2, -0.15) is 0 Å². The van der Waals surface area contributed by atoms with Gasteiger partial charge in [-0.1, -0.05) is 170 Å². The molecule has 0 radical (unpaired) electrons. The highest BCUT2D eigenvalue weighted by Gasteiger charge is 2.19. The predicted octanol–water partition coefficient (Wildman–Crippen LogP) is 12.0. The van der Waals surface area contributed by atoms with E-state index in [-0.39, 0.29) is 26.2 Å². The number of nitrogens with zero attached hydrogens (tertiary/aromatic N) is 1. The molecule has 0 saturated heterocycles. The Bertz CT molecular complexity index is 1220. The number of hydrogen-bond acceptors (Lipinski definition) is 8. The number of carbonyl (C=O) groups excluding carboxylic acids is 1. The highest BCUT2D eigenvalue weighted by molar-refractivity contribution is 7.45. The molecule has 2 unspecified atom stereocenters. The van der Waals surface area contributed by atoms with Crippen LogP contribution in [0.25, 0.3) is 0 Å². The Morgan fingerprint density at radius 1 is 0.672 bits per heavy atom. The summed E-state index contributed by atoms with van der Waals surface area (Å²) in [4.78, 5) is 24.8. The number of carbonyl (C=O) groups is 1. The van der Waals surface area contributed by atoms with Gasteiger partial charge in [0, 0.05) is 6.42 Å². The molecule has 1 N–H and O–H groups in total. The Morgan fingerprint density at radius 2 is 1.24 bits per heavy atom. The van der Waals surface area contributed by atoms with E-state index in [0.717, 1.165) is 44.9 Å². The maximum Gasteiger partial charge on any atom is 0.306 e. The number of hydrogen-bond donors (Lipinski definition) is 1. The van der Waals surface area contributed by atoms with Gasteiger partial charge >= 0.3 is 5.97 Å². The molecule has 3 atom stereocenters. The van der Waals surface area contributed by atoms with Gasteiger partial charge in [0.2, 0.25) is 0 Å². The lowest BCUT2D eigenvalue weighted by Crippen LogP contribution is -2.37. The van der Waals surface area contributed by atoms with Gasteiger partial charge in [-0.15, -0.1) is 0 Å². The third-order valence-electron chi connectivity index (χ3n) is 9.14. The van der Waals surface area contributed by atoms with Crippen LogP contribution in [0.15, 0.2) is 85.3 Å². The first kappa shape index (κ1) is 55.5. The minimum atomic E-state index is -4.56. The lowest BCUT2D eigenvalue weighted by molar-refractivity contribution is -0.870. The Morgan fingerprint density at radius 3 is 1.83 bits per heavy atom. The van der Waals surface area contributed by atoms with Crippen molar-refractivity contribution in [3.63, 3.8) is 0 Å². The lowest BCUT2D eigenvalue weighted by atomic mass is 10.0. The quantitative estimate of drug-likeness (QED) is 0.0123. The van der Waals surface area contributed by atoms with Crippen LogP contribution in [-0.4, -0.2) is 75.3 Å². The highest BCUT2D eigenvalue weighted by Crippen LogP contribution is 2.38. The van der Waals surface area contributed by atoms with Crippen molar-refractivity contribution in [3.8, 4) is 0 Å². The van der Waals surface area contributed by atoms with Crippen molar-refractivity contribution in [2.24, 2.45) is 0 Å². The van der Waals surface area contributed by atoms with Crippen LogP contribution in [0.4, 0.5) is 0 Å². The molecule has 0 aliphatic carbocycles. The van der Waals surface area contributed by atoms with E-state index in [0.29, 0.717) is 23.9 Å². The maximum absolute atomic E-state index is 12.5. The molecular weight excluding hydrogens is 750 g/mol. The van der Waals surface area contributed by atoms with Crippen LogP contribution >= 0.6 is 7.82 Å². The van der Waals surface area contributed by atoms with Crippen LogP contribution in [-0.2, 0) is 27.9 Å². The van der Waals surface area contributed by atoms with E-state index in [4.69, 9.17) is 18.5 Å². The van der Waals surface area contributed by atoms with Crippen molar-refractivity contribution in [3.05, 3.63) is 85.3 Å². The summed E-state index contributed by atoms with van der Waals surface area (Å²) in [7, 11) is 1.26. The number of phosphoric acid groups is 1. The number of rotatable bonds is 40. The van der Waals surface area contributed by atoms with Gasteiger partial charge in [0.1, 0.15) is 19.8 Å². The van der Waals surface area contributed by atoms with Crippen LogP contribution in [0, 0.1) is 0 Å². The molecule has 0 aromatic rings. The molecule has 0 bridgehead atoms. The number of allylic oxidation sites excluding steroid dienone is 11. The van der Waals surface area contributed by atoms with Crippen molar-refractivity contribution < 1.29 is 42.4 Å². The summed E-state index contributed by atoms with van der Waals surface area (Å²) < 4.78 is 34.2. The monoisotopic (exact) mass is 834 g/mol. The molecule has 0 fully saturated rings. The zero-order valence-corrected chi connectivity index (χ0v) is 38.2. The van der Waals surface area contributed by atoms with Crippen LogP contribution in [0.2, 0.25) is 0 Å². The average Bonchev–Trinajstić information content (AvgIpc) is 3.17. The SMILES string of the molecule is CC/C=C\C/C=C\C/C=C\C/C=C\C=C/C(O)C/C=C\CCC(=O)OC[C@H](COP(=O)([O-])OCC[N+](C)(C)C)O/C=C/CCCCCCCCCCCCCCCC. The van der Waals surface area contributed by atoms with Crippen molar-refractivity contribution >= 4 is 13.8 Å². The largest absolute Gasteiger partial charge is 0.756 e. The van der Waals surface area contributed by atoms with Crippen LogP contribution < -0.4 is 4.89 Å². The number of aliphatic hydroxyl groups excluding tert-OH is 1. The van der Waals surface area contributed by atoms with Crippen molar-refractivity contribution in [2.75, 3.05) is 47.5 Å². The Kier molecular flexibility index (Phi) is 38.2. The van der Waals surface area contributed by atoms with Gasteiger partial charge in [-0.25, -0.2) is 0 Å². The first-order chi connectivity index (χ1) is 28.0. The molecule has 0 rings (SSSR count). The summed E-state index contributed by atoms with van der Waals surface area (Å²) >= 11 is 0. The number of quaternary nitrogens is 1. The summed E-state index contributed by atoms with van der Waals surface area (Å²) in [5.41, 5.74) is 0. The topological polar surface area (TPSA) is 114 Å². The van der Waals surface area contributed by atoms with Crippen LogP contribution in [0.1, 0.15) is 155 Å². The molecule has 0 saturated carbocycles. The van der Waals surface area contributed by atoms with Crippen molar-refractivity contribution in [1.82, 2.24) is 0 Å². The molecule has 0 aliphatic heterocycles. The number of aliphatic hydroxyl groups is 1. The third kappa shape index (κ3) is 43.1. The fourth-order valence-electron chi connectivity index (χ4n) is 5.58. The van der Waals surface area contributed by atoms with E-state index in [2.05, 4.69) is 50.3 Å². The highest BCUT2D eigenvalue weighted by atomic mass is 31.2. The number of likely N-dealkylation sites (N-methyl/N-ethyl adjacent to an activating group) is 1. The second-order valence-corrected chi connectivity index (χ2v) is 17.4. The molecule has 58 heavy (non-hydrogen) atoms. The summed E-state index contributed by atoms with van der Waals surface area (Å²) in [5, 5.41) is 10.2. The lowest BCUT2D eigenvalue weighted by Gasteiger charge is -2.28. The molecular formula is C48H84NO8P. The molecule has 0 spiro atoms. The zero-order chi connectivity index (χ0) is 42.8.